The number of para-hydroxylation sites is 1. The van der Waals surface area contributed by atoms with Crippen LogP contribution in [0.2, 0.25) is 0 Å². The van der Waals surface area contributed by atoms with Crippen molar-refractivity contribution in [3.05, 3.63) is 29.8 Å². The Labute approximate surface area is 114 Å². The van der Waals surface area contributed by atoms with Crippen molar-refractivity contribution in [3.8, 4) is 0 Å². The van der Waals surface area contributed by atoms with E-state index < -0.39 is 5.97 Å². The van der Waals surface area contributed by atoms with E-state index in [2.05, 4.69) is 41.1 Å². The number of fused-ring (bicyclic) bond motifs is 1. The third-order valence-electron chi connectivity index (χ3n) is 3.66. The molecular formula is C15H22N2O2. The molecule has 1 aromatic carbocycles. The minimum absolute atomic E-state index is 0.282. The van der Waals surface area contributed by atoms with Gasteiger partial charge in [0.1, 0.15) is 0 Å². The zero-order valence-electron chi connectivity index (χ0n) is 11.5. The summed E-state index contributed by atoms with van der Waals surface area (Å²) in [5, 5.41) is 8.64. The lowest BCUT2D eigenvalue weighted by atomic mass is 10.1. The van der Waals surface area contributed by atoms with Gasteiger partial charge in [0.15, 0.2) is 0 Å². The molecule has 0 fully saturated rings. The van der Waals surface area contributed by atoms with Crippen molar-refractivity contribution in [1.29, 1.82) is 0 Å². The quantitative estimate of drug-likeness (QED) is 0.826. The Morgan fingerprint density at radius 2 is 2.05 bits per heavy atom. The Balaban J connectivity index is 1.89. The van der Waals surface area contributed by atoms with E-state index in [1.807, 2.05) is 0 Å². The first-order chi connectivity index (χ1) is 9.16. The van der Waals surface area contributed by atoms with Crippen molar-refractivity contribution < 1.29 is 9.90 Å². The Hall–Kier alpha value is -1.55. The number of benzene rings is 1. The van der Waals surface area contributed by atoms with Gasteiger partial charge in [0.2, 0.25) is 0 Å². The fraction of sp³-hybridized carbons (Fsp3) is 0.533. The number of hydrogen-bond acceptors (Lipinski definition) is 3. The van der Waals surface area contributed by atoms with Gasteiger partial charge in [-0.3, -0.25) is 9.69 Å². The molecule has 1 aliphatic heterocycles. The third-order valence-corrected chi connectivity index (χ3v) is 3.66. The Morgan fingerprint density at radius 1 is 1.26 bits per heavy atom. The molecule has 4 heteroatoms. The second-order valence-corrected chi connectivity index (χ2v) is 5.18. The SMILES string of the molecule is CN1CCN(CCCCC(=O)O)Cc2ccccc21. The highest BCUT2D eigenvalue weighted by Crippen LogP contribution is 2.23. The van der Waals surface area contributed by atoms with E-state index in [1.54, 1.807) is 0 Å². The Bertz CT molecular complexity index is 434. The van der Waals surface area contributed by atoms with Crippen molar-refractivity contribution in [3.63, 3.8) is 0 Å². The summed E-state index contributed by atoms with van der Waals surface area (Å²) in [7, 11) is 2.13. The zero-order valence-corrected chi connectivity index (χ0v) is 11.5. The van der Waals surface area contributed by atoms with Gasteiger partial charge < -0.3 is 10.0 Å². The Kier molecular flexibility index (Phi) is 4.80. The monoisotopic (exact) mass is 262 g/mol. The topological polar surface area (TPSA) is 43.8 Å². The van der Waals surface area contributed by atoms with Gasteiger partial charge in [0.05, 0.1) is 0 Å². The van der Waals surface area contributed by atoms with Gasteiger partial charge in [-0.1, -0.05) is 18.2 Å². The van der Waals surface area contributed by atoms with Gasteiger partial charge in [-0.05, 0) is 31.0 Å². The van der Waals surface area contributed by atoms with E-state index >= 15 is 0 Å². The van der Waals surface area contributed by atoms with E-state index in [0.29, 0.717) is 0 Å². The largest absolute Gasteiger partial charge is 0.481 e. The number of hydrogen-bond donors (Lipinski definition) is 1. The van der Waals surface area contributed by atoms with Crippen LogP contribution in [0.3, 0.4) is 0 Å². The summed E-state index contributed by atoms with van der Waals surface area (Å²) in [6.45, 7) is 4.01. The summed E-state index contributed by atoms with van der Waals surface area (Å²) in [6, 6.07) is 8.52. The van der Waals surface area contributed by atoms with E-state index in [-0.39, 0.29) is 6.42 Å². The van der Waals surface area contributed by atoms with Crippen LogP contribution < -0.4 is 4.90 Å². The first kappa shape index (κ1) is 13.9. The van der Waals surface area contributed by atoms with Gasteiger partial charge in [-0.25, -0.2) is 0 Å². The first-order valence-corrected chi connectivity index (χ1v) is 6.90. The fourth-order valence-electron chi connectivity index (χ4n) is 2.55. The molecule has 0 saturated carbocycles. The number of nitrogens with zero attached hydrogens (tertiary/aromatic N) is 2. The van der Waals surface area contributed by atoms with E-state index in [1.165, 1.54) is 11.3 Å². The van der Waals surface area contributed by atoms with Crippen LogP contribution in [-0.4, -0.2) is 42.7 Å². The van der Waals surface area contributed by atoms with Crippen molar-refractivity contribution in [2.45, 2.75) is 25.8 Å². The normalized spacial score (nSPS) is 15.9. The number of carboxylic acid groups (broad SMARTS) is 1. The fourth-order valence-corrected chi connectivity index (χ4v) is 2.55. The van der Waals surface area contributed by atoms with Crippen LogP contribution in [0, 0.1) is 0 Å². The molecule has 19 heavy (non-hydrogen) atoms. The van der Waals surface area contributed by atoms with Crippen LogP contribution in [0.15, 0.2) is 24.3 Å². The van der Waals surface area contributed by atoms with Crippen LogP contribution in [-0.2, 0) is 11.3 Å². The van der Waals surface area contributed by atoms with Crippen molar-refractivity contribution in [2.24, 2.45) is 0 Å². The molecule has 0 aliphatic carbocycles. The number of aliphatic carboxylic acids is 1. The minimum Gasteiger partial charge on any atom is -0.481 e. The first-order valence-electron chi connectivity index (χ1n) is 6.90. The molecule has 2 rings (SSSR count). The second-order valence-electron chi connectivity index (χ2n) is 5.18. The maximum atomic E-state index is 10.5. The van der Waals surface area contributed by atoms with Crippen molar-refractivity contribution in [1.82, 2.24) is 4.90 Å². The predicted molar refractivity (Wildman–Crippen MR) is 76.5 cm³/mol. The average molecular weight is 262 g/mol. The molecule has 1 aliphatic rings. The zero-order chi connectivity index (χ0) is 13.7. The number of unbranched alkanes of at least 4 members (excludes halogenated alkanes) is 1. The molecule has 0 unspecified atom stereocenters. The highest BCUT2D eigenvalue weighted by molar-refractivity contribution is 5.66. The van der Waals surface area contributed by atoms with E-state index in [9.17, 15) is 4.79 Å². The summed E-state index contributed by atoms with van der Waals surface area (Å²) in [6.07, 6.45) is 2.01. The van der Waals surface area contributed by atoms with Crippen LogP contribution in [0.5, 0.6) is 0 Å². The predicted octanol–water partition coefficient (Wildman–Crippen LogP) is 2.19. The van der Waals surface area contributed by atoms with Crippen molar-refractivity contribution in [2.75, 3.05) is 31.6 Å². The van der Waals surface area contributed by atoms with Crippen molar-refractivity contribution >= 4 is 11.7 Å². The molecule has 0 bridgehead atoms. The molecule has 4 nitrogen and oxygen atoms in total. The van der Waals surface area contributed by atoms with E-state index in [4.69, 9.17) is 5.11 Å². The average Bonchev–Trinajstić information content (AvgIpc) is 2.55. The number of carboxylic acids is 1. The van der Waals surface area contributed by atoms with Gasteiger partial charge in [0.25, 0.3) is 0 Å². The molecule has 0 radical (unpaired) electrons. The molecule has 1 aromatic rings. The molecular weight excluding hydrogens is 240 g/mol. The van der Waals surface area contributed by atoms with Crippen LogP contribution in [0.25, 0.3) is 0 Å². The highest BCUT2D eigenvalue weighted by atomic mass is 16.4. The van der Waals surface area contributed by atoms with Crippen LogP contribution >= 0.6 is 0 Å². The number of carbonyl (C=O) groups is 1. The molecule has 0 spiro atoms. The van der Waals surface area contributed by atoms with Gasteiger partial charge in [-0.2, -0.15) is 0 Å². The summed E-state index contributed by atoms with van der Waals surface area (Å²) < 4.78 is 0. The maximum Gasteiger partial charge on any atom is 0.303 e. The maximum absolute atomic E-state index is 10.5. The summed E-state index contributed by atoms with van der Waals surface area (Å²) in [5.74, 6) is -0.694. The van der Waals surface area contributed by atoms with E-state index in [0.717, 1.165) is 39.0 Å². The Morgan fingerprint density at radius 3 is 2.84 bits per heavy atom. The van der Waals surface area contributed by atoms with Gasteiger partial charge >= 0.3 is 5.97 Å². The lowest BCUT2D eigenvalue weighted by molar-refractivity contribution is -0.137. The van der Waals surface area contributed by atoms with Crippen LogP contribution in [0.4, 0.5) is 5.69 Å². The lowest BCUT2D eigenvalue weighted by Crippen LogP contribution is -2.30. The number of rotatable bonds is 5. The lowest BCUT2D eigenvalue weighted by Gasteiger charge is -2.20. The summed E-state index contributed by atoms with van der Waals surface area (Å²) in [4.78, 5) is 15.2. The number of anilines is 1. The van der Waals surface area contributed by atoms with Crippen LogP contribution in [0.1, 0.15) is 24.8 Å². The molecule has 0 atom stereocenters. The molecule has 1 heterocycles. The molecule has 104 valence electrons. The summed E-state index contributed by atoms with van der Waals surface area (Å²) >= 11 is 0. The smallest absolute Gasteiger partial charge is 0.303 e. The molecule has 0 aromatic heterocycles. The summed E-state index contributed by atoms with van der Waals surface area (Å²) in [5.41, 5.74) is 2.68. The molecule has 0 saturated heterocycles. The van der Waals surface area contributed by atoms with Gasteiger partial charge in [0, 0.05) is 38.8 Å². The second kappa shape index (κ2) is 6.57. The minimum atomic E-state index is -0.694. The molecule has 0 amide bonds. The highest BCUT2D eigenvalue weighted by Gasteiger charge is 2.16. The molecule has 1 N–H and O–H groups in total. The third kappa shape index (κ3) is 3.96. The number of likely N-dealkylation sites (N-methyl/N-ethyl adjacent to an activating group) is 1. The van der Waals surface area contributed by atoms with Gasteiger partial charge in [-0.15, -0.1) is 0 Å². The standard InChI is InChI=1S/C15H22N2O2/c1-16-10-11-17(9-5-4-8-15(18)19)12-13-6-2-3-7-14(13)16/h2-3,6-7H,4-5,8-12H2,1H3,(H,18,19).